The Morgan fingerprint density at radius 1 is 1.32 bits per heavy atom. The molecule has 1 heterocycles. The number of amides is 2. The zero-order chi connectivity index (χ0) is 14.2. The molecule has 0 radical (unpaired) electrons. The molecule has 1 unspecified atom stereocenters. The van der Waals surface area contributed by atoms with Crippen LogP contribution < -0.4 is 10.6 Å². The molecule has 0 saturated carbocycles. The molecule has 100 valence electrons. The monoisotopic (exact) mass is 266 g/mol. The van der Waals surface area contributed by atoms with Crippen LogP contribution in [0.3, 0.4) is 0 Å². The van der Waals surface area contributed by atoms with Crippen LogP contribution >= 0.6 is 0 Å². The van der Waals surface area contributed by atoms with Crippen molar-refractivity contribution < 1.29 is 18.4 Å². The molecule has 1 aliphatic rings. The average Bonchev–Trinajstić information content (AvgIpc) is 2.26. The molecule has 2 amide bonds. The second-order valence-corrected chi connectivity index (χ2v) is 4.29. The van der Waals surface area contributed by atoms with E-state index in [0.717, 1.165) is 12.1 Å². The van der Waals surface area contributed by atoms with Crippen molar-refractivity contribution in [1.29, 1.82) is 0 Å². The third-order valence-corrected chi connectivity index (χ3v) is 2.92. The van der Waals surface area contributed by atoms with Gasteiger partial charge in [0.1, 0.15) is 11.6 Å². The first-order valence-corrected chi connectivity index (χ1v) is 5.64. The molecule has 0 spiro atoms. The first-order valence-electron chi connectivity index (χ1n) is 5.64. The van der Waals surface area contributed by atoms with E-state index in [1.807, 2.05) is 0 Å². The van der Waals surface area contributed by atoms with Gasteiger partial charge >= 0.3 is 6.03 Å². The highest BCUT2D eigenvalue weighted by atomic mass is 19.1. The molecule has 2 rings (SSSR count). The number of carbonyl (C=O) groups excluding carboxylic acids is 2. The predicted molar refractivity (Wildman–Crippen MR) is 64.1 cm³/mol. The Morgan fingerprint density at radius 2 is 2.00 bits per heavy atom. The maximum absolute atomic E-state index is 13.8. The van der Waals surface area contributed by atoms with Crippen LogP contribution in [0.4, 0.5) is 13.6 Å². The van der Waals surface area contributed by atoms with Crippen molar-refractivity contribution in [3.63, 3.8) is 0 Å². The largest absolute Gasteiger partial charge is 0.327 e. The predicted octanol–water partition coefficient (Wildman–Crippen LogP) is 2.18. The lowest BCUT2D eigenvalue weighted by Gasteiger charge is -2.28. The minimum atomic E-state index is -0.910. The van der Waals surface area contributed by atoms with Gasteiger partial charge in [-0.1, -0.05) is 6.07 Å². The SMILES string of the molecule is CC(=O)C1=C(C)NC(=O)NC1c1ccc(F)cc1F. The highest BCUT2D eigenvalue weighted by Crippen LogP contribution is 2.29. The molecule has 6 heteroatoms. The number of allylic oxidation sites excluding steroid dienone is 1. The summed E-state index contributed by atoms with van der Waals surface area (Å²) in [5.74, 6) is -1.82. The van der Waals surface area contributed by atoms with Crippen molar-refractivity contribution in [1.82, 2.24) is 10.6 Å². The molecule has 0 bridgehead atoms. The lowest BCUT2D eigenvalue weighted by molar-refractivity contribution is -0.114. The molecular weight excluding hydrogens is 254 g/mol. The lowest BCUT2D eigenvalue weighted by Crippen LogP contribution is -2.45. The van der Waals surface area contributed by atoms with Crippen LogP contribution in [0.25, 0.3) is 0 Å². The Kier molecular flexibility index (Phi) is 3.33. The van der Waals surface area contributed by atoms with Gasteiger partial charge in [0.25, 0.3) is 0 Å². The van der Waals surface area contributed by atoms with E-state index in [1.165, 1.54) is 13.0 Å². The van der Waals surface area contributed by atoms with E-state index < -0.39 is 23.7 Å². The molecule has 19 heavy (non-hydrogen) atoms. The third kappa shape index (κ3) is 2.47. The van der Waals surface area contributed by atoms with Gasteiger partial charge in [0, 0.05) is 22.9 Å². The number of nitrogens with one attached hydrogen (secondary N) is 2. The van der Waals surface area contributed by atoms with Gasteiger partial charge in [-0.25, -0.2) is 13.6 Å². The minimum absolute atomic E-state index is 0.0563. The molecule has 1 aliphatic heterocycles. The van der Waals surface area contributed by atoms with Crippen molar-refractivity contribution in [3.05, 3.63) is 46.7 Å². The van der Waals surface area contributed by atoms with E-state index in [2.05, 4.69) is 10.6 Å². The molecule has 1 aromatic rings. The van der Waals surface area contributed by atoms with E-state index in [9.17, 15) is 18.4 Å². The Labute approximate surface area is 108 Å². The van der Waals surface area contributed by atoms with E-state index in [4.69, 9.17) is 0 Å². The van der Waals surface area contributed by atoms with E-state index in [-0.39, 0.29) is 16.9 Å². The van der Waals surface area contributed by atoms with Crippen molar-refractivity contribution in [3.8, 4) is 0 Å². The van der Waals surface area contributed by atoms with E-state index >= 15 is 0 Å². The third-order valence-electron chi connectivity index (χ3n) is 2.92. The Hall–Kier alpha value is -2.24. The standard InChI is InChI=1S/C13H12F2N2O2/c1-6-11(7(2)18)12(17-13(19)16-6)9-4-3-8(14)5-10(9)15/h3-5,12H,1-2H3,(H2,16,17,19). The summed E-state index contributed by atoms with van der Waals surface area (Å²) in [6.45, 7) is 2.89. The maximum atomic E-state index is 13.8. The van der Waals surface area contributed by atoms with Gasteiger partial charge in [0.2, 0.25) is 0 Å². The number of ketones is 1. The van der Waals surface area contributed by atoms with Gasteiger partial charge in [-0.15, -0.1) is 0 Å². The van der Waals surface area contributed by atoms with Crippen LogP contribution in [0.15, 0.2) is 29.5 Å². The zero-order valence-corrected chi connectivity index (χ0v) is 10.4. The second kappa shape index (κ2) is 4.79. The molecule has 0 fully saturated rings. The quantitative estimate of drug-likeness (QED) is 0.862. The van der Waals surface area contributed by atoms with Gasteiger partial charge < -0.3 is 10.6 Å². The van der Waals surface area contributed by atoms with Crippen LogP contribution in [0.5, 0.6) is 0 Å². The number of rotatable bonds is 2. The number of hydrogen-bond acceptors (Lipinski definition) is 2. The fraction of sp³-hybridized carbons (Fsp3) is 0.231. The summed E-state index contributed by atoms with van der Waals surface area (Å²) in [6.07, 6.45) is 0. The molecule has 0 saturated heterocycles. The zero-order valence-electron chi connectivity index (χ0n) is 10.4. The highest BCUT2D eigenvalue weighted by Gasteiger charge is 2.30. The molecule has 2 N–H and O–H groups in total. The normalized spacial score (nSPS) is 18.9. The van der Waals surface area contributed by atoms with Crippen LogP contribution in [0.1, 0.15) is 25.5 Å². The fourth-order valence-electron chi connectivity index (χ4n) is 2.13. The molecule has 1 aromatic carbocycles. The van der Waals surface area contributed by atoms with Crippen molar-refractivity contribution in [2.24, 2.45) is 0 Å². The van der Waals surface area contributed by atoms with Crippen LogP contribution in [0, 0.1) is 11.6 Å². The summed E-state index contributed by atoms with van der Waals surface area (Å²) in [5, 5.41) is 4.92. The summed E-state index contributed by atoms with van der Waals surface area (Å²) >= 11 is 0. The van der Waals surface area contributed by atoms with Crippen molar-refractivity contribution >= 4 is 11.8 Å². The van der Waals surface area contributed by atoms with Crippen LogP contribution in [-0.4, -0.2) is 11.8 Å². The first kappa shape index (κ1) is 13.2. The molecule has 0 aromatic heterocycles. The van der Waals surface area contributed by atoms with Gasteiger partial charge in [0.05, 0.1) is 6.04 Å². The minimum Gasteiger partial charge on any atom is -0.327 e. The van der Waals surface area contributed by atoms with E-state index in [1.54, 1.807) is 6.92 Å². The number of hydrogen-bond donors (Lipinski definition) is 2. The average molecular weight is 266 g/mol. The maximum Gasteiger partial charge on any atom is 0.319 e. The van der Waals surface area contributed by atoms with Crippen LogP contribution in [0.2, 0.25) is 0 Å². The summed E-state index contributed by atoms with van der Waals surface area (Å²) in [7, 11) is 0. The van der Waals surface area contributed by atoms with Gasteiger partial charge in [-0.2, -0.15) is 0 Å². The summed E-state index contributed by atoms with van der Waals surface area (Å²) in [5.41, 5.74) is 0.677. The Balaban J connectivity index is 2.55. The number of Topliss-reactive ketones (excluding diaryl/α,β-unsaturated/α-hetero) is 1. The Bertz CT molecular complexity index is 596. The Morgan fingerprint density at radius 3 is 2.58 bits per heavy atom. The molecular formula is C13H12F2N2O2. The van der Waals surface area contributed by atoms with Gasteiger partial charge in [0.15, 0.2) is 5.78 Å². The molecule has 4 nitrogen and oxygen atoms in total. The summed E-state index contributed by atoms with van der Waals surface area (Å²) in [4.78, 5) is 23.1. The number of urea groups is 1. The van der Waals surface area contributed by atoms with Crippen molar-refractivity contribution in [2.45, 2.75) is 19.9 Å². The van der Waals surface area contributed by atoms with Gasteiger partial charge in [-0.05, 0) is 19.9 Å². The lowest BCUT2D eigenvalue weighted by atomic mass is 9.93. The number of carbonyl (C=O) groups is 2. The molecule has 1 atom stereocenters. The summed E-state index contributed by atoms with van der Waals surface area (Å²) in [6, 6.07) is 1.58. The van der Waals surface area contributed by atoms with Gasteiger partial charge in [-0.3, -0.25) is 4.79 Å². The highest BCUT2D eigenvalue weighted by molar-refractivity contribution is 5.98. The summed E-state index contributed by atoms with van der Waals surface area (Å²) < 4.78 is 26.7. The topological polar surface area (TPSA) is 58.2 Å². The number of halogens is 2. The first-order chi connectivity index (χ1) is 8.90. The van der Waals surface area contributed by atoms with Crippen molar-refractivity contribution in [2.75, 3.05) is 0 Å². The smallest absolute Gasteiger partial charge is 0.319 e. The van der Waals surface area contributed by atoms with Crippen LogP contribution in [-0.2, 0) is 4.79 Å². The fourth-order valence-corrected chi connectivity index (χ4v) is 2.13. The second-order valence-electron chi connectivity index (χ2n) is 4.29. The van der Waals surface area contributed by atoms with E-state index in [0.29, 0.717) is 5.70 Å². The number of benzene rings is 1. The molecule has 0 aliphatic carbocycles.